The molecule has 1 aromatic heterocycles. The van der Waals surface area contributed by atoms with E-state index in [0.29, 0.717) is 19.4 Å². The van der Waals surface area contributed by atoms with Crippen molar-refractivity contribution in [1.82, 2.24) is 19.6 Å². The van der Waals surface area contributed by atoms with E-state index in [4.69, 9.17) is 0 Å². The topological polar surface area (TPSA) is 132 Å². The minimum atomic E-state index is -4.11. The van der Waals surface area contributed by atoms with Crippen molar-refractivity contribution in [2.45, 2.75) is 56.8 Å². The summed E-state index contributed by atoms with van der Waals surface area (Å²) < 4.78 is 27.1. The van der Waals surface area contributed by atoms with E-state index in [1.165, 1.54) is 29.6 Å². The maximum Gasteiger partial charge on any atom is 0.325 e. The van der Waals surface area contributed by atoms with Crippen LogP contribution in [0.15, 0.2) is 26.1 Å². The average molecular weight is 425 g/mol. The summed E-state index contributed by atoms with van der Waals surface area (Å²) in [5, 5.41) is 2.93. The van der Waals surface area contributed by atoms with Gasteiger partial charge in [-0.25, -0.2) is 13.2 Å². The third-order valence-electron chi connectivity index (χ3n) is 5.56. The van der Waals surface area contributed by atoms with Crippen molar-refractivity contribution in [2.75, 3.05) is 19.6 Å². The highest BCUT2D eigenvalue weighted by atomic mass is 32.2. The fourth-order valence-corrected chi connectivity index (χ4v) is 5.75. The van der Waals surface area contributed by atoms with Crippen molar-refractivity contribution in [2.24, 2.45) is 5.92 Å². The van der Waals surface area contributed by atoms with Crippen molar-refractivity contribution in [3.8, 4) is 0 Å². The third kappa shape index (κ3) is 5.05. The van der Waals surface area contributed by atoms with Crippen LogP contribution >= 0.6 is 0 Å². The number of hydrogen-bond acceptors (Lipinski definition) is 5. The molecular weight excluding hydrogens is 396 g/mol. The Morgan fingerprint density at radius 1 is 1.24 bits per heavy atom. The van der Waals surface area contributed by atoms with E-state index < -0.39 is 32.1 Å². The number of nitrogens with zero attached hydrogens (tertiary/aromatic N) is 1. The molecule has 1 aromatic rings. The number of aryl methyl sites for hydroxylation is 1. The quantitative estimate of drug-likeness (QED) is 0.581. The molecule has 0 spiro atoms. The Hall–Kier alpha value is -2.20. The molecule has 0 aromatic carbocycles. The number of allylic oxidation sites excluding steroid dienone is 1. The van der Waals surface area contributed by atoms with Gasteiger partial charge in [-0.05, 0) is 51.9 Å². The first kappa shape index (κ1) is 21.5. The number of aromatic amines is 2. The summed E-state index contributed by atoms with van der Waals surface area (Å²) in [6.07, 6.45) is 8.80. The maximum absolute atomic E-state index is 13.0. The molecule has 2 heterocycles. The van der Waals surface area contributed by atoms with Crippen LogP contribution in [0.1, 0.15) is 50.6 Å². The molecule has 10 heteroatoms. The largest absolute Gasteiger partial charge is 0.356 e. The number of carbonyl (C=O) groups excluding carboxylic acids is 1. The smallest absolute Gasteiger partial charge is 0.325 e. The van der Waals surface area contributed by atoms with Crippen molar-refractivity contribution in [1.29, 1.82) is 0 Å². The van der Waals surface area contributed by atoms with E-state index in [-0.39, 0.29) is 24.7 Å². The molecule has 1 aliphatic carbocycles. The van der Waals surface area contributed by atoms with E-state index >= 15 is 0 Å². The molecule has 3 N–H and O–H groups in total. The number of amides is 1. The molecule has 0 unspecified atom stereocenters. The zero-order valence-corrected chi connectivity index (χ0v) is 17.4. The van der Waals surface area contributed by atoms with Gasteiger partial charge >= 0.3 is 5.69 Å². The number of carbonyl (C=O) groups is 1. The van der Waals surface area contributed by atoms with Gasteiger partial charge < -0.3 is 10.3 Å². The molecule has 1 saturated heterocycles. The van der Waals surface area contributed by atoms with Gasteiger partial charge in [0.05, 0.1) is 5.92 Å². The fraction of sp³-hybridized carbons (Fsp3) is 0.632. The van der Waals surface area contributed by atoms with Crippen LogP contribution in [0.4, 0.5) is 0 Å². The Bertz CT molecular complexity index is 1010. The maximum atomic E-state index is 13.0. The first-order chi connectivity index (χ1) is 13.8. The molecule has 0 saturated carbocycles. The predicted octanol–water partition coefficient (Wildman–Crippen LogP) is 0.779. The standard InChI is InChI=1S/C19H28N4O5S/c1-13-16(18(25)22-19(26)21-13)29(27,28)23-11-5-8-15(12-23)17(24)20-10-9-14-6-3-2-4-7-14/h6,15H,2-5,7-12H2,1H3,(H,20,24)(H2,21,22,25,26)/t15-/m0/s1. The Morgan fingerprint density at radius 3 is 2.72 bits per heavy atom. The van der Waals surface area contributed by atoms with Crippen LogP contribution in [0.5, 0.6) is 0 Å². The van der Waals surface area contributed by atoms with Gasteiger partial charge in [-0.3, -0.25) is 14.6 Å². The first-order valence-electron chi connectivity index (χ1n) is 10.1. The lowest BCUT2D eigenvalue weighted by atomic mass is 9.96. The van der Waals surface area contributed by atoms with E-state index in [1.807, 2.05) is 4.98 Å². The lowest BCUT2D eigenvalue weighted by molar-refractivity contribution is -0.126. The van der Waals surface area contributed by atoms with Crippen LogP contribution in [0.2, 0.25) is 0 Å². The second-order valence-corrected chi connectivity index (χ2v) is 9.59. The summed E-state index contributed by atoms with van der Waals surface area (Å²) in [7, 11) is -4.11. The molecule has 3 rings (SSSR count). The Balaban J connectivity index is 1.65. The molecule has 160 valence electrons. The molecule has 2 aliphatic rings. The molecule has 1 fully saturated rings. The van der Waals surface area contributed by atoms with Gasteiger partial charge in [0.1, 0.15) is 0 Å². The Kier molecular flexibility index (Phi) is 6.74. The summed E-state index contributed by atoms with van der Waals surface area (Å²) >= 11 is 0. The van der Waals surface area contributed by atoms with Crippen LogP contribution < -0.4 is 16.6 Å². The zero-order chi connectivity index (χ0) is 21.0. The zero-order valence-electron chi connectivity index (χ0n) is 16.6. The molecular formula is C19H28N4O5S. The first-order valence-corrected chi connectivity index (χ1v) is 11.5. The summed E-state index contributed by atoms with van der Waals surface area (Å²) in [5.74, 6) is -0.616. The van der Waals surface area contributed by atoms with Crippen LogP contribution in [-0.4, -0.2) is 48.2 Å². The predicted molar refractivity (Wildman–Crippen MR) is 108 cm³/mol. The number of rotatable bonds is 6. The monoisotopic (exact) mass is 424 g/mol. The van der Waals surface area contributed by atoms with E-state index in [9.17, 15) is 22.8 Å². The number of nitrogens with one attached hydrogen (secondary N) is 3. The summed E-state index contributed by atoms with van der Waals surface area (Å²) in [5.41, 5.74) is -0.336. The Morgan fingerprint density at radius 2 is 2.03 bits per heavy atom. The number of sulfonamides is 1. The van der Waals surface area contributed by atoms with Crippen LogP contribution in [0.3, 0.4) is 0 Å². The van der Waals surface area contributed by atoms with Gasteiger partial charge in [-0.15, -0.1) is 0 Å². The van der Waals surface area contributed by atoms with Crippen LogP contribution in [0, 0.1) is 12.8 Å². The van der Waals surface area contributed by atoms with Crippen molar-refractivity contribution in [3.63, 3.8) is 0 Å². The summed E-state index contributed by atoms with van der Waals surface area (Å²) in [6.45, 7) is 2.18. The van der Waals surface area contributed by atoms with E-state index in [2.05, 4.69) is 16.4 Å². The SMILES string of the molecule is Cc1[nH]c(=O)[nH]c(=O)c1S(=O)(=O)N1CCC[C@H](C(=O)NCCC2=CCCCC2)C1. The number of hydrogen-bond donors (Lipinski definition) is 3. The molecule has 1 atom stereocenters. The van der Waals surface area contributed by atoms with Crippen molar-refractivity contribution in [3.05, 3.63) is 38.2 Å². The summed E-state index contributed by atoms with van der Waals surface area (Å²) in [4.78, 5) is 39.8. The highest BCUT2D eigenvalue weighted by molar-refractivity contribution is 7.89. The normalized spacial score (nSPS) is 20.9. The summed E-state index contributed by atoms with van der Waals surface area (Å²) in [6, 6.07) is 0. The Labute approximate surface area is 169 Å². The molecule has 1 aliphatic heterocycles. The fourth-order valence-electron chi connectivity index (χ4n) is 4.03. The van der Waals surface area contributed by atoms with Gasteiger partial charge in [0.2, 0.25) is 15.9 Å². The highest BCUT2D eigenvalue weighted by Gasteiger charge is 2.35. The van der Waals surface area contributed by atoms with Gasteiger partial charge in [-0.2, -0.15) is 4.31 Å². The average Bonchev–Trinajstić information content (AvgIpc) is 2.68. The minimum absolute atomic E-state index is 0.00826. The second-order valence-electron chi connectivity index (χ2n) is 7.71. The number of H-pyrrole nitrogens is 2. The van der Waals surface area contributed by atoms with Gasteiger partial charge in [0, 0.05) is 25.3 Å². The van der Waals surface area contributed by atoms with Crippen LogP contribution in [-0.2, 0) is 14.8 Å². The minimum Gasteiger partial charge on any atom is -0.356 e. The third-order valence-corrected chi connectivity index (χ3v) is 7.58. The van der Waals surface area contributed by atoms with Gasteiger partial charge in [0.25, 0.3) is 5.56 Å². The molecule has 9 nitrogen and oxygen atoms in total. The highest BCUT2D eigenvalue weighted by Crippen LogP contribution is 2.23. The second kappa shape index (κ2) is 9.08. The number of piperidine rings is 1. The van der Waals surface area contributed by atoms with Crippen LogP contribution in [0.25, 0.3) is 0 Å². The molecule has 0 radical (unpaired) electrons. The lowest BCUT2D eigenvalue weighted by Crippen LogP contribution is -2.47. The number of aromatic nitrogens is 2. The van der Waals surface area contributed by atoms with Crippen molar-refractivity contribution < 1.29 is 13.2 Å². The lowest BCUT2D eigenvalue weighted by Gasteiger charge is -2.31. The molecule has 29 heavy (non-hydrogen) atoms. The van der Waals surface area contributed by atoms with Gasteiger partial charge in [-0.1, -0.05) is 11.6 Å². The van der Waals surface area contributed by atoms with E-state index in [0.717, 1.165) is 19.3 Å². The van der Waals surface area contributed by atoms with Gasteiger partial charge in [0.15, 0.2) is 4.90 Å². The van der Waals surface area contributed by atoms with Crippen molar-refractivity contribution >= 4 is 15.9 Å². The molecule has 0 bridgehead atoms. The molecule has 1 amide bonds. The van der Waals surface area contributed by atoms with E-state index in [1.54, 1.807) is 0 Å².